The Morgan fingerprint density at radius 3 is 2.32 bits per heavy atom. The largest absolute Gasteiger partial charge is 0.364 e. The molecular weight excluding hydrogens is 366 g/mol. The van der Waals surface area contributed by atoms with Crippen LogP contribution in [0.4, 0.5) is 16.2 Å². The van der Waals surface area contributed by atoms with Gasteiger partial charge in [0, 0.05) is 58.0 Å². The molecule has 28 heavy (non-hydrogen) atoms. The molecule has 148 valence electrons. The van der Waals surface area contributed by atoms with Crippen molar-refractivity contribution < 1.29 is 19.3 Å². The minimum atomic E-state index is -1.49. The van der Waals surface area contributed by atoms with Gasteiger partial charge in [0.15, 0.2) is 5.41 Å². The smallest absolute Gasteiger partial charge is 0.332 e. The maximum atomic E-state index is 13.3. The van der Waals surface area contributed by atoms with Gasteiger partial charge in [-0.25, -0.2) is 4.79 Å². The lowest BCUT2D eigenvalue weighted by Gasteiger charge is -2.55. The number of benzene rings is 1. The van der Waals surface area contributed by atoms with E-state index in [1.807, 2.05) is 11.9 Å². The number of nitrogens with zero attached hydrogens (tertiary/aromatic N) is 5. The van der Waals surface area contributed by atoms with E-state index >= 15 is 0 Å². The monoisotopic (exact) mass is 387 g/mol. The van der Waals surface area contributed by atoms with Crippen LogP contribution in [0.3, 0.4) is 0 Å². The molecule has 0 radical (unpaired) electrons. The van der Waals surface area contributed by atoms with E-state index < -0.39 is 34.2 Å². The predicted molar refractivity (Wildman–Crippen MR) is 98.8 cm³/mol. The Balaban J connectivity index is 1.92. The zero-order valence-electron chi connectivity index (χ0n) is 15.9. The van der Waals surface area contributed by atoms with E-state index in [0.717, 1.165) is 22.0 Å². The maximum Gasteiger partial charge on any atom is 0.332 e. The van der Waals surface area contributed by atoms with E-state index in [4.69, 9.17) is 0 Å². The van der Waals surface area contributed by atoms with Gasteiger partial charge >= 0.3 is 6.03 Å². The number of imide groups is 2. The summed E-state index contributed by atoms with van der Waals surface area (Å²) in [6.07, 6.45) is 0.0264. The first-order chi connectivity index (χ1) is 13.2. The van der Waals surface area contributed by atoms with Gasteiger partial charge in [-0.05, 0) is 18.7 Å². The summed E-state index contributed by atoms with van der Waals surface area (Å²) in [5.74, 6) is -1.11. The molecule has 2 saturated heterocycles. The number of rotatable bonds is 1. The molecule has 0 saturated carbocycles. The number of amides is 4. The Hall–Kier alpha value is -3.01. The molecule has 3 heterocycles. The summed E-state index contributed by atoms with van der Waals surface area (Å²) in [5.41, 5.74) is -0.200. The van der Waals surface area contributed by atoms with E-state index in [1.165, 1.54) is 26.2 Å². The summed E-state index contributed by atoms with van der Waals surface area (Å²) in [5, 5.41) is 11.2. The first-order valence-electron chi connectivity index (χ1n) is 9.01. The lowest BCUT2D eigenvalue weighted by atomic mass is 9.67. The van der Waals surface area contributed by atoms with E-state index in [9.17, 15) is 24.5 Å². The Morgan fingerprint density at radius 2 is 1.71 bits per heavy atom. The molecule has 0 aromatic heterocycles. The summed E-state index contributed by atoms with van der Waals surface area (Å²) in [6.45, 7) is 1.79. The van der Waals surface area contributed by atoms with Crippen LogP contribution in [0, 0.1) is 15.5 Å². The SMILES string of the molecule is CN1CCN2c3ccc([N+](=O)[O-])cc3CC3(C(=O)N(C)C(=O)N(C)C3=O)[C@H]2C1. The molecule has 10 nitrogen and oxygen atoms in total. The van der Waals surface area contributed by atoms with Crippen molar-refractivity contribution in [3.63, 3.8) is 0 Å². The third kappa shape index (κ3) is 2.27. The first kappa shape index (κ1) is 18.4. The van der Waals surface area contributed by atoms with E-state index in [2.05, 4.69) is 4.90 Å². The fourth-order valence-electron chi connectivity index (χ4n) is 4.68. The van der Waals surface area contributed by atoms with Gasteiger partial charge in [0.1, 0.15) is 0 Å². The van der Waals surface area contributed by atoms with Crippen LogP contribution in [0.1, 0.15) is 5.56 Å². The molecule has 1 atom stereocenters. The highest BCUT2D eigenvalue weighted by molar-refractivity contribution is 6.20. The number of carbonyl (C=O) groups is 3. The molecule has 10 heteroatoms. The van der Waals surface area contributed by atoms with Crippen molar-refractivity contribution >= 4 is 29.2 Å². The van der Waals surface area contributed by atoms with Gasteiger partial charge in [-0.1, -0.05) is 0 Å². The van der Waals surface area contributed by atoms with E-state index in [-0.39, 0.29) is 12.1 Å². The van der Waals surface area contributed by atoms with Crippen molar-refractivity contribution in [3.8, 4) is 0 Å². The average Bonchev–Trinajstić information content (AvgIpc) is 2.68. The summed E-state index contributed by atoms with van der Waals surface area (Å²) in [6, 6.07) is 3.44. The topological polar surface area (TPSA) is 107 Å². The summed E-state index contributed by atoms with van der Waals surface area (Å²) < 4.78 is 0. The number of hydrogen-bond acceptors (Lipinski definition) is 7. The number of hydrogen-bond donors (Lipinski definition) is 0. The summed E-state index contributed by atoms with van der Waals surface area (Å²) >= 11 is 0. The number of likely N-dealkylation sites (N-methyl/N-ethyl adjacent to an activating group) is 1. The Bertz CT molecular complexity index is 892. The summed E-state index contributed by atoms with van der Waals surface area (Å²) in [7, 11) is 4.66. The van der Waals surface area contributed by atoms with E-state index in [0.29, 0.717) is 18.7 Å². The van der Waals surface area contributed by atoms with Crippen LogP contribution >= 0.6 is 0 Å². The Kier molecular flexibility index (Phi) is 3.93. The fourth-order valence-corrected chi connectivity index (χ4v) is 4.68. The lowest BCUT2D eigenvalue weighted by molar-refractivity contribution is -0.384. The second kappa shape index (κ2) is 5.99. The number of anilines is 1. The molecule has 1 aromatic carbocycles. The molecule has 0 unspecified atom stereocenters. The third-order valence-electron chi connectivity index (χ3n) is 6.15. The van der Waals surface area contributed by atoms with Crippen molar-refractivity contribution in [3.05, 3.63) is 33.9 Å². The van der Waals surface area contributed by atoms with Crippen LogP contribution in [0.5, 0.6) is 0 Å². The minimum absolute atomic E-state index is 0.0264. The van der Waals surface area contributed by atoms with Gasteiger partial charge in [0.05, 0.1) is 11.0 Å². The van der Waals surface area contributed by atoms with Crippen molar-refractivity contribution in [1.82, 2.24) is 14.7 Å². The van der Waals surface area contributed by atoms with Crippen LogP contribution in [-0.4, -0.2) is 84.3 Å². The van der Waals surface area contributed by atoms with Crippen molar-refractivity contribution in [2.75, 3.05) is 45.7 Å². The van der Waals surface area contributed by atoms with Gasteiger partial charge in [0.2, 0.25) is 11.8 Å². The molecule has 3 aliphatic heterocycles. The van der Waals surface area contributed by atoms with Gasteiger partial charge in [0.25, 0.3) is 5.69 Å². The zero-order chi connectivity index (χ0) is 20.4. The number of nitro benzene ring substituents is 1. The second-order valence-electron chi connectivity index (χ2n) is 7.70. The van der Waals surface area contributed by atoms with Crippen molar-refractivity contribution in [2.45, 2.75) is 12.5 Å². The quantitative estimate of drug-likeness (QED) is 0.388. The van der Waals surface area contributed by atoms with E-state index in [1.54, 1.807) is 6.07 Å². The third-order valence-corrected chi connectivity index (χ3v) is 6.15. The van der Waals surface area contributed by atoms with Gasteiger partial charge < -0.3 is 9.80 Å². The molecular formula is C18H21N5O5. The highest BCUT2D eigenvalue weighted by Crippen LogP contribution is 2.47. The molecule has 0 N–H and O–H groups in total. The van der Waals surface area contributed by atoms with Crippen LogP contribution in [0.25, 0.3) is 0 Å². The molecule has 0 bridgehead atoms. The van der Waals surface area contributed by atoms with Gasteiger partial charge in [-0.15, -0.1) is 0 Å². The second-order valence-corrected chi connectivity index (χ2v) is 7.70. The number of piperazine rings is 1. The highest BCUT2D eigenvalue weighted by atomic mass is 16.6. The van der Waals surface area contributed by atoms with Crippen molar-refractivity contribution in [1.29, 1.82) is 0 Å². The van der Waals surface area contributed by atoms with Crippen molar-refractivity contribution in [2.24, 2.45) is 5.41 Å². The molecule has 0 aliphatic carbocycles. The van der Waals surface area contributed by atoms with Crippen LogP contribution in [0.15, 0.2) is 18.2 Å². The number of fused-ring (bicyclic) bond motifs is 4. The number of non-ortho nitro benzene ring substituents is 1. The molecule has 1 aromatic rings. The highest BCUT2D eigenvalue weighted by Gasteiger charge is 2.63. The first-order valence-corrected chi connectivity index (χ1v) is 9.01. The normalized spacial score (nSPS) is 24.5. The van der Waals surface area contributed by atoms with Crippen LogP contribution in [0.2, 0.25) is 0 Å². The van der Waals surface area contributed by atoms with Gasteiger partial charge in [-0.3, -0.25) is 29.5 Å². The summed E-state index contributed by atoms with van der Waals surface area (Å²) in [4.78, 5) is 55.7. The number of urea groups is 1. The number of nitro groups is 1. The van der Waals surface area contributed by atoms with Crippen LogP contribution < -0.4 is 4.90 Å². The zero-order valence-corrected chi connectivity index (χ0v) is 15.9. The predicted octanol–water partition coefficient (Wildman–Crippen LogP) is 0.308. The Morgan fingerprint density at radius 1 is 1.07 bits per heavy atom. The fraction of sp³-hybridized carbons (Fsp3) is 0.500. The molecule has 3 aliphatic rings. The molecule has 1 spiro atoms. The minimum Gasteiger partial charge on any atom is -0.364 e. The number of barbiturate groups is 1. The maximum absolute atomic E-state index is 13.3. The number of carbonyl (C=O) groups excluding carboxylic acids is 3. The van der Waals surface area contributed by atoms with Crippen LogP contribution in [-0.2, 0) is 16.0 Å². The molecule has 2 fully saturated rings. The van der Waals surface area contributed by atoms with Gasteiger partial charge in [-0.2, -0.15) is 0 Å². The Labute approximate surface area is 161 Å². The average molecular weight is 387 g/mol. The molecule has 4 amide bonds. The standard InChI is InChI=1S/C18H21N5O5/c1-19-6-7-22-13-5-4-12(23(27)28)8-11(13)9-18(14(22)10-19)15(24)20(2)17(26)21(3)16(18)25/h4-5,8,14H,6-7,9-10H2,1-3H3/t14-/m1/s1. The lowest BCUT2D eigenvalue weighted by Crippen LogP contribution is -2.74. The molecule has 4 rings (SSSR count).